The van der Waals surface area contributed by atoms with Crippen molar-refractivity contribution in [1.29, 1.82) is 0 Å². The van der Waals surface area contributed by atoms with Gasteiger partial charge in [0, 0.05) is 0 Å². The van der Waals surface area contributed by atoms with Crippen molar-refractivity contribution in [3.8, 4) is 0 Å². The maximum absolute atomic E-state index is 2.62. The number of hydrogen-bond donors (Lipinski definition) is 0. The minimum atomic E-state index is -1.67. The SMILES string of the molecule is CCCCSC1([Si](C)(C)C2=[C]([Ti+2])CC=C2)CC=CC=C1C(C)(C)C.[Cl-].[Cl-]. The molecule has 0 fully saturated rings. The fourth-order valence-corrected chi connectivity index (χ4v) is 13.1. The van der Waals surface area contributed by atoms with Crippen molar-refractivity contribution in [3.63, 3.8) is 0 Å². The second-order valence-corrected chi connectivity index (χ2v) is 16.0. The van der Waals surface area contributed by atoms with Gasteiger partial charge >= 0.3 is 167 Å². The van der Waals surface area contributed by atoms with Crippen molar-refractivity contribution in [3.05, 3.63) is 45.0 Å². The standard InChI is InChI=1S/C21H33SSi.2ClH.Ti/c1-7-8-17-22-21(23(5,6)18-13-9-10-14-18)16-12-11-15-19(21)20(2,3)4;;;/h9,11-13,15H,7-8,10,16-17H2,1-6H3;2*1H;/q;;;+2/p-2. The summed E-state index contributed by atoms with van der Waals surface area (Å²) in [5, 5.41) is 1.71. The second-order valence-electron chi connectivity index (χ2n) is 8.62. The van der Waals surface area contributed by atoms with Crippen LogP contribution in [0.2, 0.25) is 13.1 Å². The zero-order chi connectivity index (χ0) is 18.0. The molecule has 0 heterocycles. The Morgan fingerprint density at radius 2 is 1.85 bits per heavy atom. The fourth-order valence-electron chi connectivity index (χ4n) is 4.11. The Bertz CT molecular complexity index is 600. The number of halogens is 2. The molecule has 0 bridgehead atoms. The first-order valence-electron chi connectivity index (χ1n) is 9.30. The van der Waals surface area contributed by atoms with E-state index in [1.165, 1.54) is 25.0 Å². The van der Waals surface area contributed by atoms with Gasteiger partial charge in [0.1, 0.15) is 0 Å². The predicted octanol–water partition coefficient (Wildman–Crippen LogP) is 0.747. The Kier molecular flexibility index (Phi) is 10.9. The number of unbranched alkanes of at least 4 members (excludes halogenated alkanes) is 1. The molecular weight excluding hydrogens is 431 g/mol. The van der Waals surface area contributed by atoms with E-state index in [4.69, 9.17) is 0 Å². The molecule has 26 heavy (non-hydrogen) atoms. The molecule has 5 heteroatoms. The van der Waals surface area contributed by atoms with Crippen LogP contribution in [-0.4, -0.2) is 18.2 Å². The molecular formula is C21H33Cl2SSiTi. The molecule has 0 saturated heterocycles. The van der Waals surface area contributed by atoms with Crippen molar-refractivity contribution in [1.82, 2.24) is 0 Å². The average Bonchev–Trinajstić information content (AvgIpc) is 2.93. The summed E-state index contributed by atoms with van der Waals surface area (Å²) >= 11 is 4.63. The molecule has 2 aliphatic carbocycles. The van der Waals surface area contributed by atoms with Gasteiger partial charge in [0.2, 0.25) is 0 Å². The smallest absolute Gasteiger partial charge is 1.00 e. The number of allylic oxidation sites excluding steroid dienone is 7. The second kappa shape index (κ2) is 10.6. The van der Waals surface area contributed by atoms with Gasteiger partial charge in [0.25, 0.3) is 0 Å². The van der Waals surface area contributed by atoms with Crippen molar-refractivity contribution in [2.45, 2.75) is 70.8 Å². The molecule has 0 spiro atoms. The van der Waals surface area contributed by atoms with Crippen LogP contribution < -0.4 is 24.8 Å². The van der Waals surface area contributed by atoms with Gasteiger partial charge in [0.15, 0.2) is 0 Å². The van der Waals surface area contributed by atoms with Gasteiger partial charge in [-0.05, 0) is 0 Å². The van der Waals surface area contributed by atoms with Crippen LogP contribution in [0.1, 0.15) is 53.4 Å². The van der Waals surface area contributed by atoms with E-state index in [0.29, 0.717) is 4.37 Å². The molecule has 1 atom stereocenters. The zero-order valence-corrected chi connectivity index (χ0v) is 22.0. The third-order valence-electron chi connectivity index (χ3n) is 5.51. The van der Waals surface area contributed by atoms with E-state index in [9.17, 15) is 0 Å². The summed E-state index contributed by atoms with van der Waals surface area (Å²) < 4.78 is 1.91. The van der Waals surface area contributed by atoms with Gasteiger partial charge in [-0.2, -0.15) is 0 Å². The normalized spacial score (nSPS) is 22.8. The summed E-state index contributed by atoms with van der Waals surface area (Å²) in [7, 11) is -1.67. The molecule has 145 valence electrons. The van der Waals surface area contributed by atoms with Gasteiger partial charge in [-0.15, -0.1) is 0 Å². The Morgan fingerprint density at radius 3 is 2.35 bits per heavy atom. The largest absolute Gasteiger partial charge is 1.00 e. The third kappa shape index (κ3) is 5.24. The predicted molar refractivity (Wildman–Crippen MR) is 110 cm³/mol. The summed E-state index contributed by atoms with van der Waals surface area (Å²) in [6, 6.07) is 0. The molecule has 0 nitrogen and oxygen atoms in total. The summed E-state index contributed by atoms with van der Waals surface area (Å²) in [6.45, 7) is 14.8. The van der Waals surface area contributed by atoms with Crippen LogP contribution in [0, 0.1) is 5.41 Å². The summed E-state index contributed by atoms with van der Waals surface area (Å²) in [5.74, 6) is 1.28. The van der Waals surface area contributed by atoms with Crippen molar-refractivity contribution in [2.75, 3.05) is 5.75 Å². The average molecular weight is 464 g/mol. The molecule has 0 N–H and O–H groups in total. The number of hydrogen-bond acceptors (Lipinski definition) is 1. The van der Waals surface area contributed by atoms with Crippen molar-refractivity contribution < 1.29 is 45.2 Å². The quantitative estimate of drug-likeness (QED) is 0.413. The molecule has 2 aliphatic rings. The van der Waals surface area contributed by atoms with Crippen LogP contribution in [0.3, 0.4) is 0 Å². The first-order valence-corrected chi connectivity index (χ1v) is 14.1. The minimum absolute atomic E-state index is 0. The van der Waals surface area contributed by atoms with E-state index in [2.05, 4.69) is 103 Å². The third-order valence-corrected chi connectivity index (χ3v) is 14.3. The van der Waals surface area contributed by atoms with Gasteiger partial charge in [0.05, 0.1) is 0 Å². The van der Waals surface area contributed by atoms with Crippen LogP contribution in [0.25, 0.3) is 0 Å². The monoisotopic (exact) mass is 463 g/mol. The first kappa shape index (κ1) is 26.8. The Balaban J connectivity index is 0.00000312. The van der Waals surface area contributed by atoms with E-state index in [0.717, 1.165) is 6.42 Å². The fraction of sp³-hybridized carbons (Fsp3) is 0.619. The van der Waals surface area contributed by atoms with Crippen LogP contribution in [0.5, 0.6) is 0 Å². The van der Waals surface area contributed by atoms with Gasteiger partial charge in [-0.3, -0.25) is 0 Å². The summed E-state index contributed by atoms with van der Waals surface area (Å²) in [5.41, 5.74) is 1.90. The van der Waals surface area contributed by atoms with Gasteiger partial charge in [-0.1, -0.05) is 0 Å². The van der Waals surface area contributed by atoms with Crippen LogP contribution >= 0.6 is 11.8 Å². The van der Waals surface area contributed by atoms with Crippen molar-refractivity contribution >= 4 is 19.8 Å². The maximum atomic E-state index is 2.62. The van der Waals surface area contributed by atoms with Crippen LogP contribution in [0.4, 0.5) is 0 Å². The molecule has 2 rings (SSSR count). The molecule has 0 aliphatic heterocycles. The van der Waals surface area contributed by atoms with Crippen LogP contribution in [-0.2, 0) is 20.4 Å². The topological polar surface area (TPSA) is 0 Å². The molecule has 0 aromatic heterocycles. The number of thioether (sulfide) groups is 1. The van der Waals surface area contributed by atoms with E-state index in [1.54, 1.807) is 14.6 Å². The minimum Gasteiger partial charge on any atom is -1.00 e. The first-order chi connectivity index (χ1) is 11.2. The molecule has 0 radical (unpaired) electrons. The molecule has 0 aromatic carbocycles. The molecule has 0 amide bonds. The molecule has 0 aromatic rings. The number of rotatable bonds is 6. The molecule has 1 unspecified atom stereocenters. The Morgan fingerprint density at radius 1 is 1.19 bits per heavy atom. The van der Waals surface area contributed by atoms with Crippen LogP contribution in [0.15, 0.2) is 45.0 Å². The Labute approximate surface area is 191 Å². The molecule has 0 saturated carbocycles. The maximum Gasteiger partial charge on any atom is -1.00 e. The summed E-state index contributed by atoms with van der Waals surface area (Å²) in [4.78, 5) is 0. The van der Waals surface area contributed by atoms with E-state index in [1.807, 2.05) is 0 Å². The van der Waals surface area contributed by atoms with E-state index < -0.39 is 8.07 Å². The van der Waals surface area contributed by atoms with E-state index in [-0.39, 0.29) is 30.2 Å². The van der Waals surface area contributed by atoms with Crippen molar-refractivity contribution in [2.24, 2.45) is 5.41 Å². The zero-order valence-electron chi connectivity index (χ0n) is 17.1. The van der Waals surface area contributed by atoms with E-state index >= 15 is 0 Å². The summed E-state index contributed by atoms with van der Waals surface area (Å²) in [6.07, 6.45) is 17.0. The Hall–Kier alpha value is 0.821. The van der Waals surface area contributed by atoms with Gasteiger partial charge < -0.3 is 24.8 Å². The van der Waals surface area contributed by atoms with Gasteiger partial charge in [-0.25, -0.2) is 0 Å².